The molecule has 0 aliphatic heterocycles. The van der Waals surface area contributed by atoms with Crippen molar-refractivity contribution in [2.45, 2.75) is 0 Å². The number of halogens is 1. The minimum atomic E-state index is -0.561. The van der Waals surface area contributed by atoms with Gasteiger partial charge in [-0.05, 0) is 36.4 Å². The topological polar surface area (TPSA) is 100 Å². The molecular weight excluding hydrogens is 329 g/mol. The van der Waals surface area contributed by atoms with Crippen molar-refractivity contribution in [3.63, 3.8) is 0 Å². The summed E-state index contributed by atoms with van der Waals surface area (Å²) in [5.41, 5.74) is 2.81. The van der Waals surface area contributed by atoms with Gasteiger partial charge in [-0.3, -0.25) is 9.59 Å². The number of carbonyl (C=O) groups is 2. The predicted molar refractivity (Wildman–Crippen MR) is 89.1 cm³/mol. The van der Waals surface area contributed by atoms with Gasteiger partial charge in [0.25, 0.3) is 11.8 Å². The molecule has 0 fully saturated rings. The van der Waals surface area contributed by atoms with E-state index in [4.69, 9.17) is 4.74 Å². The zero-order valence-electron chi connectivity index (χ0n) is 13.3. The molecule has 0 atom stereocenters. The molecule has 2 amide bonds. The third kappa shape index (κ3) is 5.03. The van der Waals surface area contributed by atoms with Gasteiger partial charge in [0.1, 0.15) is 5.82 Å². The Hall–Kier alpha value is -3.42. The van der Waals surface area contributed by atoms with E-state index in [1.165, 1.54) is 25.5 Å². The van der Waals surface area contributed by atoms with E-state index in [0.29, 0.717) is 5.56 Å². The fraction of sp³-hybridized carbons (Fsp3) is 0.118. The van der Waals surface area contributed by atoms with Gasteiger partial charge in [-0.2, -0.15) is 5.10 Å². The first-order valence-corrected chi connectivity index (χ1v) is 7.23. The molecule has 0 bridgehead atoms. The Balaban J connectivity index is 1.84. The lowest BCUT2D eigenvalue weighted by atomic mass is 10.2. The van der Waals surface area contributed by atoms with E-state index < -0.39 is 17.6 Å². The average Bonchev–Trinajstić information content (AvgIpc) is 2.61. The van der Waals surface area contributed by atoms with Gasteiger partial charge in [0.2, 0.25) is 0 Å². The summed E-state index contributed by atoms with van der Waals surface area (Å²) in [6.45, 7) is -0.308. The zero-order chi connectivity index (χ0) is 18.2. The highest BCUT2D eigenvalue weighted by molar-refractivity contribution is 5.96. The van der Waals surface area contributed by atoms with E-state index in [0.717, 1.165) is 12.1 Å². The van der Waals surface area contributed by atoms with E-state index >= 15 is 0 Å². The Labute approximate surface area is 143 Å². The van der Waals surface area contributed by atoms with Crippen LogP contribution in [0.15, 0.2) is 47.6 Å². The van der Waals surface area contributed by atoms with Crippen molar-refractivity contribution in [1.82, 2.24) is 10.7 Å². The number of nitrogens with one attached hydrogen (secondary N) is 2. The molecular formula is C17H16FN3O4. The normalized spacial score (nSPS) is 10.5. The maximum atomic E-state index is 12.8. The van der Waals surface area contributed by atoms with Crippen LogP contribution < -0.4 is 15.5 Å². The number of amides is 2. The van der Waals surface area contributed by atoms with Crippen LogP contribution in [0.1, 0.15) is 15.9 Å². The predicted octanol–water partition coefficient (Wildman–Crippen LogP) is 1.42. The summed E-state index contributed by atoms with van der Waals surface area (Å²) < 4.78 is 17.7. The summed E-state index contributed by atoms with van der Waals surface area (Å²) in [5.74, 6) is -1.35. The van der Waals surface area contributed by atoms with Crippen molar-refractivity contribution in [2.24, 2.45) is 5.10 Å². The number of benzene rings is 2. The SMILES string of the molecule is COc1cccc(/C=N\NC(=O)CNC(=O)c2ccc(F)cc2)c1O. The summed E-state index contributed by atoms with van der Waals surface area (Å²) in [6.07, 6.45) is 1.25. The van der Waals surface area contributed by atoms with E-state index in [2.05, 4.69) is 15.8 Å². The van der Waals surface area contributed by atoms with Gasteiger partial charge < -0.3 is 15.2 Å². The smallest absolute Gasteiger partial charge is 0.259 e. The lowest BCUT2D eigenvalue weighted by molar-refractivity contribution is -0.120. The summed E-state index contributed by atoms with van der Waals surface area (Å²) in [7, 11) is 1.42. The summed E-state index contributed by atoms with van der Waals surface area (Å²) >= 11 is 0. The number of phenols is 1. The fourth-order valence-corrected chi connectivity index (χ4v) is 1.89. The Morgan fingerprint density at radius 1 is 1.24 bits per heavy atom. The molecule has 0 saturated carbocycles. The second-order valence-corrected chi connectivity index (χ2v) is 4.88. The maximum absolute atomic E-state index is 12.8. The van der Waals surface area contributed by atoms with Crippen LogP contribution in [0.25, 0.3) is 0 Å². The van der Waals surface area contributed by atoms with Crippen molar-refractivity contribution < 1.29 is 23.8 Å². The molecule has 2 aromatic rings. The maximum Gasteiger partial charge on any atom is 0.259 e. The molecule has 0 spiro atoms. The van der Waals surface area contributed by atoms with E-state index in [9.17, 15) is 19.1 Å². The quantitative estimate of drug-likeness (QED) is 0.544. The van der Waals surface area contributed by atoms with Crippen LogP contribution in [-0.2, 0) is 4.79 Å². The van der Waals surface area contributed by atoms with Gasteiger partial charge >= 0.3 is 0 Å². The van der Waals surface area contributed by atoms with Crippen LogP contribution in [0.3, 0.4) is 0 Å². The molecule has 8 heteroatoms. The number of hydrazone groups is 1. The van der Waals surface area contributed by atoms with Gasteiger partial charge in [-0.15, -0.1) is 0 Å². The molecule has 0 aliphatic carbocycles. The van der Waals surface area contributed by atoms with Gasteiger partial charge in [-0.25, -0.2) is 9.82 Å². The second-order valence-electron chi connectivity index (χ2n) is 4.88. The van der Waals surface area contributed by atoms with Crippen LogP contribution in [0.4, 0.5) is 4.39 Å². The van der Waals surface area contributed by atoms with Gasteiger partial charge in [-0.1, -0.05) is 6.07 Å². The minimum absolute atomic E-state index is 0.104. The number of ether oxygens (including phenoxy) is 1. The molecule has 0 saturated heterocycles. The van der Waals surface area contributed by atoms with Crippen LogP contribution >= 0.6 is 0 Å². The highest BCUT2D eigenvalue weighted by Crippen LogP contribution is 2.27. The fourth-order valence-electron chi connectivity index (χ4n) is 1.89. The number of nitrogens with zero attached hydrogens (tertiary/aromatic N) is 1. The molecule has 130 valence electrons. The molecule has 0 heterocycles. The number of hydrogen-bond donors (Lipinski definition) is 3. The Morgan fingerprint density at radius 3 is 2.64 bits per heavy atom. The summed E-state index contributed by atoms with van der Waals surface area (Å²) in [5, 5.41) is 15.9. The standard InChI is InChI=1S/C17H16FN3O4/c1-25-14-4-2-3-12(16(14)23)9-20-21-15(22)10-19-17(24)11-5-7-13(18)8-6-11/h2-9,23H,10H2,1H3,(H,19,24)(H,21,22)/b20-9-. The molecule has 0 unspecified atom stereocenters. The van der Waals surface area contributed by atoms with E-state index in [1.54, 1.807) is 18.2 Å². The first kappa shape index (κ1) is 17.9. The number of phenolic OH excluding ortho intramolecular Hbond substituents is 1. The molecule has 2 aromatic carbocycles. The highest BCUT2D eigenvalue weighted by Gasteiger charge is 2.08. The second kappa shape index (κ2) is 8.44. The summed E-state index contributed by atoms with van der Waals surface area (Å²) in [4.78, 5) is 23.4. The Bertz CT molecular complexity index is 791. The van der Waals surface area contributed by atoms with Crippen LogP contribution in [0, 0.1) is 5.82 Å². The van der Waals surface area contributed by atoms with Crippen LogP contribution in [0.5, 0.6) is 11.5 Å². The van der Waals surface area contributed by atoms with Crippen LogP contribution in [0.2, 0.25) is 0 Å². The number of aromatic hydroxyl groups is 1. The number of methoxy groups -OCH3 is 1. The van der Waals surface area contributed by atoms with Gasteiger partial charge in [0.05, 0.1) is 19.9 Å². The molecule has 0 radical (unpaired) electrons. The number of hydrogen-bond acceptors (Lipinski definition) is 5. The highest BCUT2D eigenvalue weighted by atomic mass is 19.1. The van der Waals surface area contributed by atoms with Crippen molar-refractivity contribution in [3.05, 3.63) is 59.4 Å². The molecule has 0 aliphatic rings. The lowest BCUT2D eigenvalue weighted by Gasteiger charge is -2.05. The molecule has 0 aromatic heterocycles. The first-order chi connectivity index (χ1) is 12.0. The zero-order valence-corrected chi connectivity index (χ0v) is 13.3. The number of rotatable bonds is 6. The van der Waals surface area contributed by atoms with Crippen molar-refractivity contribution >= 4 is 18.0 Å². The van der Waals surface area contributed by atoms with E-state index in [1.807, 2.05) is 0 Å². The average molecular weight is 345 g/mol. The van der Waals surface area contributed by atoms with Gasteiger partial charge in [0.15, 0.2) is 11.5 Å². The van der Waals surface area contributed by atoms with Crippen molar-refractivity contribution in [3.8, 4) is 11.5 Å². The Morgan fingerprint density at radius 2 is 1.96 bits per heavy atom. The number of carbonyl (C=O) groups excluding carboxylic acids is 2. The Kier molecular flexibility index (Phi) is 6.05. The number of para-hydroxylation sites is 1. The lowest BCUT2D eigenvalue weighted by Crippen LogP contribution is -2.34. The van der Waals surface area contributed by atoms with Crippen molar-refractivity contribution in [1.29, 1.82) is 0 Å². The molecule has 3 N–H and O–H groups in total. The third-order valence-corrected chi connectivity index (χ3v) is 3.16. The molecule has 2 rings (SSSR count). The largest absolute Gasteiger partial charge is 0.504 e. The molecule has 25 heavy (non-hydrogen) atoms. The first-order valence-electron chi connectivity index (χ1n) is 7.23. The minimum Gasteiger partial charge on any atom is -0.504 e. The monoisotopic (exact) mass is 345 g/mol. The van der Waals surface area contributed by atoms with E-state index in [-0.39, 0.29) is 23.6 Å². The van der Waals surface area contributed by atoms with Crippen LogP contribution in [-0.4, -0.2) is 36.8 Å². The summed E-state index contributed by atoms with van der Waals surface area (Å²) in [6, 6.07) is 9.75. The third-order valence-electron chi connectivity index (χ3n) is 3.16. The molecule has 7 nitrogen and oxygen atoms in total. The van der Waals surface area contributed by atoms with Crippen molar-refractivity contribution in [2.75, 3.05) is 13.7 Å². The van der Waals surface area contributed by atoms with Gasteiger partial charge in [0, 0.05) is 11.1 Å².